The van der Waals surface area contributed by atoms with Crippen LogP contribution in [0.5, 0.6) is 0 Å². The van der Waals surface area contributed by atoms with Gasteiger partial charge in [0.15, 0.2) is 0 Å². The molecule has 0 aliphatic heterocycles. The van der Waals surface area contributed by atoms with Crippen molar-refractivity contribution in [2.75, 3.05) is 0 Å². The first kappa shape index (κ1) is 12.1. The van der Waals surface area contributed by atoms with Crippen molar-refractivity contribution in [2.24, 2.45) is 0 Å². The summed E-state index contributed by atoms with van der Waals surface area (Å²) in [6, 6.07) is 8.40. The quantitative estimate of drug-likeness (QED) is 0.831. The molecule has 90 valence electrons. The summed E-state index contributed by atoms with van der Waals surface area (Å²) in [7, 11) is 0. The molecule has 0 aliphatic carbocycles. The van der Waals surface area contributed by atoms with Gasteiger partial charge in [0, 0.05) is 12.1 Å². The van der Waals surface area contributed by atoms with Crippen LogP contribution in [0.2, 0.25) is 5.28 Å². The number of hydrogen-bond acceptors (Lipinski definition) is 2. The van der Waals surface area contributed by atoms with Gasteiger partial charge in [0.05, 0.1) is 0 Å². The summed E-state index contributed by atoms with van der Waals surface area (Å²) in [6.07, 6.45) is 3.08. The Morgan fingerprint density at radius 2 is 1.82 bits per heavy atom. The van der Waals surface area contributed by atoms with Crippen LogP contribution in [0.1, 0.15) is 31.7 Å². The lowest BCUT2D eigenvalue weighted by molar-refractivity contribution is 0.879. The van der Waals surface area contributed by atoms with Crippen LogP contribution in [-0.4, -0.2) is 14.8 Å². The maximum Gasteiger partial charge on any atom is 0.229 e. The number of hydrogen-bond donors (Lipinski definition) is 0. The van der Waals surface area contributed by atoms with Crippen LogP contribution >= 0.6 is 11.6 Å². The van der Waals surface area contributed by atoms with E-state index in [1.54, 1.807) is 0 Å². The lowest BCUT2D eigenvalue weighted by Gasteiger charge is -2.07. The number of benzene rings is 1. The van der Waals surface area contributed by atoms with E-state index in [0.717, 1.165) is 30.8 Å². The molecule has 0 saturated carbocycles. The Morgan fingerprint density at radius 3 is 2.41 bits per heavy atom. The number of rotatable bonds is 4. The van der Waals surface area contributed by atoms with Crippen molar-refractivity contribution in [2.45, 2.75) is 33.1 Å². The lowest BCUT2D eigenvalue weighted by Crippen LogP contribution is -2.00. The van der Waals surface area contributed by atoms with Gasteiger partial charge in [0.1, 0.15) is 5.82 Å². The molecule has 0 unspecified atom stereocenters. The van der Waals surface area contributed by atoms with Crippen molar-refractivity contribution < 1.29 is 0 Å². The van der Waals surface area contributed by atoms with Gasteiger partial charge in [-0.05, 0) is 35.7 Å². The molecule has 1 heterocycles. The second-order valence-electron chi connectivity index (χ2n) is 3.99. The Kier molecular flexibility index (Phi) is 3.79. The van der Waals surface area contributed by atoms with E-state index in [2.05, 4.69) is 41.4 Å². The molecule has 1 aromatic heterocycles. The lowest BCUT2D eigenvalue weighted by atomic mass is 10.1. The Morgan fingerprint density at radius 1 is 1.12 bits per heavy atom. The highest BCUT2D eigenvalue weighted by Gasteiger charge is 2.09. The third kappa shape index (κ3) is 2.50. The van der Waals surface area contributed by atoms with Crippen molar-refractivity contribution in [1.82, 2.24) is 14.8 Å². The highest BCUT2D eigenvalue weighted by atomic mass is 35.5. The molecule has 0 aliphatic rings. The van der Waals surface area contributed by atoms with Crippen molar-refractivity contribution in [3.05, 3.63) is 40.9 Å². The summed E-state index contributed by atoms with van der Waals surface area (Å²) in [5.74, 6) is 0.887. The fraction of sp³-hybridized carbons (Fsp3) is 0.385. The third-order valence-electron chi connectivity index (χ3n) is 2.74. The molecule has 1 aromatic carbocycles. The predicted octanol–water partition coefficient (Wildman–Crippen LogP) is 3.44. The SMILES string of the molecule is CCCc1ccc(-n2c(Cl)nnc2CC)cc1. The maximum absolute atomic E-state index is 6.05. The van der Waals surface area contributed by atoms with Crippen LogP contribution < -0.4 is 0 Å². The van der Waals surface area contributed by atoms with Crippen LogP contribution in [0.4, 0.5) is 0 Å². The van der Waals surface area contributed by atoms with Crippen LogP contribution in [0.15, 0.2) is 24.3 Å². The Balaban J connectivity index is 2.36. The van der Waals surface area contributed by atoms with Gasteiger partial charge >= 0.3 is 0 Å². The molecule has 2 rings (SSSR count). The molecule has 3 nitrogen and oxygen atoms in total. The average Bonchev–Trinajstić information content (AvgIpc) is 2.72. The summed E-state index contributed by atoms with van der Waals surface area (Å²) in [5.41, 5.74) is 2.37. The molecular weight excluding hydrogens is 234 g/mol. The Labute approximate surface area is 106 Å². The number of halogens is 1. The second kappa shape index (κ2) is 5.32. The van der Waals surface area contributed by atoms with E-state index in [0.29, 0.717) is 5.28 Å². The van der Waals surface area contributed by atoms with E-state index in [4.69, 9.17) is 11.6 Å². The molecule has 2 aromatic rings. The Hall–Kier alpha value is -1.35. The van der Waals surface area contributed by atoms with E-state index in [-0.39, 0.29) is 0 Å². The summed E-state index contributed by atoms with van der Waals surface area (Å²) in [6.45, 7) is 4.22. The number of nitrogens with zero attached hydrogens (tertiary/aromatic N) is 3. The minimum atomic E-state index is 0.421. The maximum atomic E-state index is 6.05. The van der Waals surface area contributed by atoms with E-state index >= 15 is 0 Å². The van der Waals surface area contributed by atoms with Gasteiger partial charge in [-0.2, -0.15) is 0 Å². The first-order valence-electron chi connectivity index (χ1n) is 5.95. The van der Waals surface area contributed by atoms with E-state index in [1.807, 2.05) is 11.5 Å². The van der Waals surface area contributed by atoms with Gasteiger partial charge in [-0.1, -0.05) is 32.4 Å². The molecule has 0 atom stereocenters. The van der Waals surface area contributed by atoms with Crippen LogP contribution in [0.25, 0.3) is 5.69 Å². The van der Waals surface area contributed by atoms with Crippen molar-refractivity contribution >= 4 is 11.6 Å². The Bertz CT molecular complexity index is 488. The third-order valence-corrected chi connectivity index (χ3v) is 2.98. The van der Waals surface area contributed by atoms with Crippen molar-refractivity contribution in [3.8, 4) is 5.69 Å². The zero-order valence-corrected chi connectivity index (χ0v) is 10.9. The van der Waals surface area contributed by atoms with Crippen LogP contribution in [0, 0.1) is 0 Å². The van der Waals surface area contributed by atoms with Crippen LogP contribution in [0.3, 0.4) is 0 Å². The first-order chi connectivity index (χ1) is 8.26. The summed E-state index contributed by atoms with van der Waals surface area (Å²) >= 11 is 6.05. The molecule has 4 heteroatoms. The number of aryl methyl sites for hydroxylation is 2. The summed E-state index contributed by atoms with van der Waals surface area (Å²) in [5, 5.41) is 8.37. The van der Waals surface area contributed by atoms with Gasteiger partial charge in [-0.25, -0.2) is 0 Å². The predicted molar refractivity (Wildman–Crippen MR) is 69.7 cm³/mol. The van der Waals surface area contributed by atoms with Gasteiger partial charge < -0.3 is 0 Å². The fourth-order valence-electron chi connectivity index (χ4n) is 1.88. The molecule has 0 fully saturated rings. The van der Waals surface area contributed by atoms with Crippen molar-refractivity contribution in [1.29, 1.82) is 0 Å². The highest BCUT2D eigenvalue weighted by Crippen LogP contribution is 2.18. The fourth-order valence-corrected chi connectivity index (χ4v) is 2.11. The molecule has 0 amide bonds. The first-order valence-corrected chi connectivity index (χ1v) is 6.33. The topological polar surface area (TPSA) is 30.7 Å². The van der Waals surface area contributed by atoms with Gasteiger partial charge in [-0.3, -0.25) is 4.57 Å². The molecule has 0 saturated heterocycles. The van der Waals surface area contributed by atoms with E-state index < -0.39 is 0 Å². The standard InChI is InChI=1S/C13H16ClN3/c1-3-5-10-6-8-11(9-7-10)17-12(4-2)15-16-13(17)14/h6-9H,3-5H2,1-2H3. The molecule has 0 bridgehead atoms. The molecule has 0 spiro atoms. The minimum absolute atomic E-state index is 0.421. The molecular formula is C13H16ClN3. The van der Waals surface area contributed by atoms with Gasteiger partial charge in [0.25, 0.3) is 0 Å². The van der Waals surface area contributed by atoms with Gasteiger partial charge in [-0.15, -0.1) is 10.2 Å². The second-order valence-corrected chi connectivity index (χ2v) is 4.33. The zero-order valence-electron chi connectivity index (χ0n) is 10.2. The largest absolute Gasteiger partial charge is 0.270 e. The normalized spacial score (nSPS) is 10.8. The summed E-state index contributed by atoms with van der Waals surface area (Å²) in [4.78, 5) is 0. The minimum Gasteiger partial charge on any atom is -0.270 e. The molecule has 0 radical (unpaired) electrons. The van der Waals surface area contributed by atoms with E-state index in [1.165, 1.54) is 5.56 Å². The highest BCUT2D eigenvalue weighted by molar-refractivity contribution is 6.28. The average molecular weight is 250 g/mol. The van der Waals surface area contributed by atoms with Gasteiger partial charge in [0.2, 0.25) is 5.28 Å². The number of aromatic nitrogens is 3. The monoisotopic (exact) mass is 249 g/mol. The summed E-state index contributed by atoms with van der Waals surface area (Å²) < 4.78 is 1.89. The molecule has 17 heavy (non-hydrogen) atoms. The van der Waals surface area contributed by atoms with Crippen LogP contribution in [-0.2, 0) is 12.8 Å². The van der Waals surface area contributed by atoms with Crippen molar-refractivity contribution in [3.63, 3.8) is 0 Å². The smallest absolute Gasteiger partial charge is 0.229 e. The zero-order chi connectivity index (χ0) is 12.3. The molecule has 0 N–H and O–H groups in total. The van der Waals surface area contributed by atoms with E-state index in [9.17, 15) is 0 Å².